The van der Waals surface area contributed by atoms with Crippen molar-refractivity contribution in [1.82, 2.24) is 9.97 Å². The predicted molar refractivity (Wildman–Crippen MR) is 47.4 cm³/mol. The molecule has 6 heteroatoms. The van der Waals surface area contributed by atoms with Crippen LogP contribution in [0.1, 0.15) is 0 Å². The summed E-state index contributed by atoms with van der Waals surface area (Å²) in [6.45, 7) is 0. The topological polar surface area (TPSA) is 57.3 Å². The third-order valence-corrected chi connectivity index (χ3v) is 0.478. The third-order valence-electron chi connectivity index (χ3n) is 0.478. The molecule has 0 aliphatic heterocycles. The number of rotatable bonds is 0. The van der Waals surface area contributed by atoms with Crippen molar-refractivity contribution in [3.05, 3.63) is 24.8 Å². The Hall–Kier alpha value is -0.0900. The lowest BCUT2D eigenvalue weighted by Crippen LogP contribution is -1.66. The van der Waals surface area contributed by atoms with E-state index in [1.165, 1.54) is 6.33 Å². The lowest BCUT2D eigenvalue weighted by atomic mass is 10.7. The van der Waals surface area contributed by atoms with Gasteiger partial charge < -0.3 is 5.48 Å². The maximum Gasteiger partial charge on any atom is 0.115 e. The average Bonchev–Trinajstić information content (AvgIpc) is 1.72. The van der Waals surface area contributed by atoms with E-state index in [1.54, 1.807) is 18.5 Å². The van der Waals surface area contributed by atoms with Crippen LogP contribution in [0.3, 0.4) is 0 Å². The minimum absolute atomic E-state index is 0. The van der Waals surface area contributed by atoms with Gasteiger partial charge in [0.25, 0.3) is 0 Å². The molecule has 0 aliphatic rings. The number of halogens is 3. The molecule has 3 nitrogen and oxygen atoms in total. The van der Waals surface area contributed by atoms with Gasteiger partial charge in [-0.15, -0.1) is 37.2 Å². The zero-order valence-electron chi connectivity index (χ0n) is 4.93. The van der Waals surface area contributed by atoms with Crippen molar-refractivity contribution >= 4 is 37.2 Å². The van der Waals surface area contributed by atoms with Gasteiger partial charge in [-0.3, -0.25) is 0 Å². The van der Waals surface area contributed by atoms with Crippen LogP contribution in [-0.4, -0.2) is 15.4 Å². The van der Waals surface area contributed by atoms with Crippen LogP contribution in [0.25, 0.3) is 0 Å². The van der Waals surface area contributed by atoms with Gasteiger partial charge in [-0.1, -0.05) is 0 Å². The monoisotopic (exact) mass is 206 g/mol. The molecule has 0 saturated heterocycles. The zero-order chi connectivity index (χ0) is 4.24. The first-order chi connectivity index (χ1) is 3.00. The highest BCUT2D eigenvalue weighted by atomic mass is 35.5. The van der Waals surface area contributed by atoms with Crippen molar-refractivity contribution in [2.24, 2.45) is 0 Å². The van der Waals surface area contributed by atoms with Gasteiger partial charge in [0.15, 0.2) is 0 Å². The van der Waals surface area contributed by atoms with Gasteiger partial charge in [0, 0.05) is 12.4 Å². The fourth-order valence-corrected chi connectivity index (χ4v) is 0.253. The van der Waals surface area contributed by atoms with Gasteiger partial charge in [0.2, 0.25) is 0 Å². The van der Waals surface area contributed by atoms with Crippen LogP contribution in [0, 0.1) is 0 Å². The van der Waals surface area contributed by atoms with E-state index in [9.17, 15) is 0 Å². The summed E-state index contributed by atoms with van der Waals surface area (Å²) < 4.78 is 0. The number of nitrogens with zero attached hydrogens (tertiary/aromatic N) is 2. The first kappa shape index (κ1) is 22.5. The molecule has 0 unspecified atom stereocenters. The fraction of sp³-hybridized carbons (Fsp3) is 0. The number of aromatic nitrogens is 2. The van der Waals surface area contributed by atoms with E-state index in [4.69, 9.17) is 0 Å². The molecule has 10 heavy (non-hydrogen) atoms. The molecule has 1 heterocycles. The highest BCUT2D eigenvalue weighted by Crippen LogP contribution is 1.66. The second-order valence-electron chi connectivity index (χ2n) is 0.904. The van der Waals surface area contributed by atoms with Crippen molar-refractivity contribution < 1.29 is 5.48 Å². The van der Waals surface area contributed by atoms with Crippen LogP contribution in [0.4, 0.5) is 0 Å². The van der Waals surface area contributed by atoms with E-state index in [1.807, 2.05) is 0 Å². The van der Waals surface area contributed by atoms with Crippen molar-refractivity contribution in [3.63, 3.8) is 0 Å². The van der Waals surface area contributed by atoms with E-state index in [-0.39, 0.29) is 42.7 Å². The second-order valence-corrected chi connectivity index (χ2v) is 0.904. The Morgan fingerprint density at radius 2 is 1.20 bits per heavy atom. The maximum absolute atomic E-state index is 3.67. The molecule has 0 fully saturated rings. The Kier molecular flexibility index (Phi) is 36.0. The molecule has 0 bridgehead atoms. The number of hydrogen-bond acceptors (Lipinski definition) is 2. The summed E-state index contributed by atoms with van der Waals surface area (Å²) >= 11 is 0. The lowest BCUT2D eigenvalue weighted by Gasteiger charge is -1.70. The molecule has 0 atom stereocenters. The van der Waals surface area contributed by atoms with E-state index in [0.717, 1.165) is 0 Å². The third kappa shape index (κ3) is 10.8. The van der Waals surface area contributed by atoms with Crippen LogP contribution in [0.15, 0.2) is 24.8 Å². The SMILES string of the molecule is Cl.Cl.Cl.O.c1cncnc1. The molecule has 0 aromatic carbocycles. The molecule has 2 N–H and O–H groups in total. The van der Waals surface area contributed by atoms with Crippen molar-refractivity contribution in [3.8, 4) is 0 Å². The van der Waals surface area contributed by atoms with E-state index in [0.29, 0.717) is 0 Å². The van der Waals surface area contributed by atoms with Crippen molar-refractivity contribution in [1.29, 1.82) is 0 Å². The van der Waals surface area contributed by atoms with Crippen LogP contribution in [-0.2, 0) is 0 Å². The summed E-state index contributed by atoms with van der Waals surface area (Å²) in [4.78, 5) is 7.35. The molecule has 0 radical (unpaired) electrons. The summed E-state index contributed by atoms with van der Waals surface area (Å²) in [5.41, 5.74) is 0. The quantitative estimate of drug-likeness (QED) is 0.635. The number of hydrogen-bond donors (Lipinski definition) is 0. The van der Waals surface area contributed by atoms with E-state index in [2.05, 4.69) is 9.97 Å². The molecule has 1 aromatic heterocycles. The first-order valence-corrected chi connectivity index (χ1v) is 1.70. The normalized spacial score (nSPS) is 4.80. The Morgan fingerprint density at radius 3 is 1.30 bits per heavy atom. The van der Waals surface area contributed by atoms with Gasteiger partial charge in [-0.05, 0) is 6.07 Å². The molecule has 0 amide bonds. The fourth-order valence-electron chi connectivity index (χ4n) is 0.253. The summed E-state index contributed by atoms with van der Waals surface area (Å²) in [7, 11) is 0. The molecule has 0 spiro atoms. The molecular weight excluding hydrogens is 198 g/mol. The Bertz CT molecular complexity index is 90.4. The van der Waals surface area contributed by atoms with E-state index >= 15 is 0 Å². The largest absolute Gasteiger partial charge is 0.412 e. The predicted octanol–water partition coefficient (Wildman–Crippen LogP) is 0.917. The van der Waals surface area contributed by atoms with Crippen molar-refractivity contribution in [2.75, 3.05) is 0 Å². The van der Waals surface area contributed by atoms with Gasteiger partial charge in [-0.25, -0.2) is 9.97 Å². The summed E-state index contributed by atoms with van der Waals surface area (Å²) in [6, 6.07) is 1.78. The Labute approximate surface area is 77.8 Å². The average molecular weight is 207 g/mol. The first-order valence-electron chi connectivity index (χ1n) is 1.70. The standard InChI is InChI=1S/C4H4N2.3ClH.H2O/c1-2-5-4-6-3-1;;;;/h1-4H;3*1H;1H2. The van der Waals surface area contributed by atoms with Crippen molar-refractivity contribution in [2.45, 2.75) is 0 Å². The van der Waals surface area contributed by atoms with Crippen LogP contribution in [0.5, 0.6) is 0 Å². The molecule has 62 valence electrons. The summed E-state index contributed by atoms with van der Waals surface area (Å²) in [5.74, 6) is 0. The summed E-state index contributed by atoms with van der Waals surface area (Å²) in [6.07, 6.45) is 4.88. The van der Waals surface area contributed by atoms with Crippen LogP contribution >= 0.6 is 37.2 Å². The Balaban J connectivity index is -0.0000000450. The molecule has 1 rings (SSSR count). The lowest BCUT2D eigenvalue weighted by molar-refractivity contribution is 0.824. The zero-order valence-corrected chi connectivity index (χ0v) is 7.38. The van der Waals surface area contributed by atoms with Crippen LogP contribution < -0.4 is 0 Å². The molecule has 1 aromatic rings. The Morgan fingerprint density at radius 1 is 0.800 bits per heavy atom. The summed E-state index contributed by atoms with van der Waals surface area (Å²) in [5, 5.41) is 0. The van der Waals surface area contributed by atoms with E-state index < -0.39 is 0 Å². The molecular formula is C4H9Cl3N2O. The van der Waals surface area contributed by atoms with Crippen LogP contribution in [0.2, 0.25) is 0 Å². The van der Waals surface area contributed by atoms with Gasteiger partial charge in [0.1, 0.15) is 6.33 Å². The highest BCUT2D eigenvalue weighted by Gasteiger charge is 1.59. The highest BCUT2D eigenvalue weighted by molar-refractivity contribution is 5.86. The second kappa shape index (κ2) is 16.0. The minimum Gasteiger partial charge on any atom is -0.412 e. The maximum atomic E-state index is 3.67. The smallest absolute Gasteiger partial charge is 0.115 e. The van der Waals surface area contributed by atoms with Gasteiger partial charge >= 0.3 is 0 Å². The molecule has 0 aliphatic carbocycles. The molecule has 0 saturated carbocycles. The van der Waals surface area contributed by atoms with Gasteiger partial charge in [0.05, 0.1) is 0 Å². The minimum atomic E-state index is 0. The van der Waals surface area contributed by atoms with Gasteiger partial charge in [-0.2, -0.15) is 0 Å².